The Balaban J connectivity index is 2.08. The molecular formula is C23H31N. The van der Waals surface area contributed by atoms with E-state index in [-0.39, 0.29) is 0 Å². The van der Waals surface area contributed by atoms with Crippen LogP contribution in [0, 0.1) is 5.92 Å². The largest absolute Gasteiger partial charge is 0.362 e. The fourth-order valence-electron chi connectivity index (χ4n) is 2.81. The summed E-state index contributed by atoms with van der Waals surface area (Å²) in [6.45, 7) is 11.2. The van der Waals surface area contributed by atoms with E-state index in [1.807, 2.05) is 0 Å². The molecule has 0 radical (unpaired) electrons. The van der Waals surface area contributed by atoms with E-state index in [9.17, 15) is 0 Å². The molecule has 24 heavy (non-hydrogen) atoms. The van der Waals surface area contributed by atoms with E-state index >= 15 is 0 Å². The van der Waals surface area contributed by atoms with Crippen molar-refractivity contribution in [3.63, 3.8) is 0 Å². The van der Waals surface area contributed by atoms with Gasteiger partial charge in [-0.2, -0.15) is 0 Å². The summed E-state index contributed by atoms with van der Waals surface area (Å²) in [5.41, 5.74) is 6.55. The topological polar surface area (TPSA) is 12.0 Å². The van der Waals surface area contributed by atoms with Crippen molar-refractivity contribution in [1.29, 1.82) is 0 Å². The van der Waals surface area contributed by atoms with Crippen molar-refractivity contribution in [2.45, 2.75) is 53.4 Å². The summed E-state index contributed by atoms with van der Waals surface area (Å²) in [7, 11) is 0. The Hall–Kier alpha value is -2.02. The molecule has 0 spiro atoms. The molecule has 128 valence electrons. The van der Waals surface area contributed by atoms with Crippen molar-refractivity contribution in [2.24, 2.45) is 5.92 Å². The monoisotopic (exact) mass is 321 g/mol. The molecule has 0 aromatic heterocycles. The summed E-state index contributed by atoms with van der Waals surface area (Å²) >= 11 is 0. The lowest BCUT2D eigenvalue weighted by Gasteiger charge is -2.12. The first-order valence-electron chi connectivity index (χ1n) is 9.17. The molecule has 2 aromatic carbocycles. The fraction of sp³-hybridized carbons (Fsp3) is 0.391. The normalized spacial score (nSPS) is 12.0. The second kappa shape index (κ2) is 8.73. The molecule has 2 rings (SSSR count). The van der Waals surface area contributed by atoms with E-state index < -0.39 is 0 Å². The Labute approximate surface area is 147 Å². The highest BCUT2D eigenvalue weighted by atomic mass is 14.8. The predicted molar refractivity (Wildman–Crippen MR) is 107 cm³/mol. The van der Waals surface area contributed by atoms with Crippen molar-refractivity contribution < 1.29 is 0 Å². The van der Waals surface area contributed by atoms with Gasteiger partial charge in [0, 0.05) is 11.9 Å². The first-order valence-corrected chi connectivity index (χ1v) is 9.17. The Morgan fingerprint density at radius 1 is 0.875 bits per heavy atom. The molecule has 0 unspecified atom stereocenters. The minimum atomic E-state index is 0.579. The van der Waals surface area contributed by atoms with E-state index in [0.29, 0.717) is 11.8 Å². The molecule has 2 aromatic rings. The SMILES string of the molecule is CCC/C(=C\Nc1ccc(-c2ccc(C(C)C)cc2)cc1)C(C)C. The van der Waals surface area contributed by atoms with Crippen LogP contribution in [0.25, 0.3) is 11.1 Å². The Kier molecular flexibility index (Phi) is 6.66. The number of benzene rings is 2. The van der Waals surface area contributed by atoms with Gasteiger partial charge in [-0.3, -0.25) is 0 Å². The van der Waals surface area contributed by atoms with Crippen LogP contribution in [0.1, 0.15) is 58.9 Å². The molecule has 0 atom stereocenters. The lowest BCUT2D eigenvalue weighted by atomic mass is 9.98. The zero-order valence-corrected chi connectivity index (χ0v) is 15.8. The number of allylic oxidation sites excluding steroid dienone is 1. The first-order chi connectivity index (χ1) is 11.5. The van der Waals surface area contributed by atoms with E-state index in [1.54, 1.807) is 0 Å². The molecule has 0 amide bonds. The van der Waals surface area contributed by atoms with Crippen LogP contribution in [-0.2, 0) is 0 Å². The third-order valence-electron chi connectivity index (χ3n) is 4.50. The van der Waals surface area contributed by atoms with Gasteiger partial charge in [-0.05, 0) is 47.1 Å². The van der Waals surface area contributed by atoms with Gasteiger partial charge in [0.25, 0.3) is 0 Å². The Morgan fingerprint density at radius 3 is 1.88 bits per heavy atom. The molecule has 1 N–H and O–H groups in total. The van der Waals surface area contributed by atoms with Gasteiger partial charge in [-0.25, -0.2) is 0 Å². The van der Waals surface area contributed by atoms with E-state index in [4.69, 9.17) is 0 Å². The number of rotatable bonds is 7. The van der Waals surface area contributed by atoms with Gasteiger partial charge >= 0.3 is 0 Å². The molecule has 0 aliphatic carbocycles. The molecule has 0 saturated carbocycles. The maximum atomic E-state index is 3.45. The molecule has 0 aliphatic rings. The molecule has 0 fully saturated rings. The number of anilines is 1. The average Bonchev–Trinajstić information content (AvgIpc) is 2.59. The fourth-order valence-corrected chi connectivity index (χ4v) is 2.81. The maximum absolute atomic E-state index is 3.45. The van der Waals surface area contributed by atoms with Gasteiger partial charge in [0.1, 0.15) is 0 Å². The van der Waals surface area contributed by atoms with Crippen molar-refractivity contribution in [1.82, 2.24) is 0 Å². The highest BCUT2D eigenvalue weighted by molar-refractivity contribution is 5.66. The quantitative estimate of drug-likeness (QED) is 0.567. The summed E-state index contributed by atoms with van der Waals surface area (Å²) in [4.78, 5) is 0. The first kappa shape index (κ1) is 18.3. The van der Waals surface area contributed by atoms with E-state index in [1.165, 1.54) is 28.7 Å². The second-order valence-corrected chi connectivity index (χ2v) is 7.12. The van der Waals surface area contributed by atoms with Crippen LogP contribution in [0.5, 0.6) is 0 Å². The third kappa shape index (κ3) is 4.99. The van der Waals surface area contributed by atoms with Gasteiger partial charge in [0.2, 0.25) is 0 Å². The number of hydrogen-bond acceptors (Lipinski definition) is 1. The number of hydrogen-bond donors (Lipinski definition) is 1. The van der Waals surface area contributed by atoms with Crippen molar-refractivity contribution in [2.75, 3.05) is 5.32 Å². The molecule has 1 nitrogen and oxygen atoms in total. The van der Waals surface area contributed by atoms with Gasteiger partial charge in [-0.1, -0.05) is 83.0 Å². The van der Waals surface area contributed by atoms with Crippen molar-refractivity contribution in [3.8, 4) is 11.1 Å². The lowest BCUT2D eigenvalue weighted by molar-refractivity contribution is 0.700. The van der Waals surface area contributed by atoms with E-state index in [2.05, 4.69) is 94.7 Å². The van der Waals surface area contributed by atoms with Crippen LogP contribution in [0.3, 0.4) is 0 Å². The highest BCUT2D eigenvalue weighted by Crippen LogP contribution is 2.24. The summed E-state index contributed by atoms with van der Waals surface area (Å²) in [5.74, 6) is 1.17. The summed E-state index contributed by atoms with van der Waals surface area (Å²) in [6, 6.07) is 17.6. The standard InChI is InChI=1S/C23H31N/c1-6-7-22(18(4)5)16-24-23-14-12-21(13-15-23)20-10-8-19(9-11-20)17(2)3/h8-18,24H,6-7H2,1-5H3/b22-16+. The van der Waals surface area contributed by atoms with Crippen molar-refractivity contribution >= 4 is 5.69 Å². The minimum Gasteiger partial charge on any atom is -0.362 e. The molecule has 0 heterocycles. The zero-order chi connectivity index (χ0) is 17.5. The molecule has 1 heteroatoms. The van der Waals surface area contributed by atoms with Crippen LogP contribution in [-0.4, -0.2) is 0 Å². The molecule has 0 saturated heterocycles. The third-order valence-corrected chi connectivity index (χ3v) is 4.50. The second-order valence-electron chi connectivity index (χ2n) is 7.12. The smallest absolute Gasteiger partial charge is 0.0380 e. The van der Waals surface area contributed by atoms with Crippen LogP contribution >= 0.6 is 0 Å². The maximum Gasteiger partial charge on any atom is 0.0380 e. The minimum absolute atomic E-state index is 0.579. The van der Waals surface area contributed by atoms with Gasteiger partial charge in [0.15, 0.2) is 0 Å². The Bertz CT molecular complexity index is 645. The predicted octanol–water partition coefficient (Wildman–Crippen LogP) is 7.23. The van der Waals surface area contributed by atoms with Crippen LogP contribution < -0.4 is 5.32 Å². The summed E-state index contributed by atoms with van der Waals surface area (Å²) in [5, 5.41) is 3.45. The zero-order valence-electron chi connectivity index (χ0n) is 15.8. The summed E-state index contributed by atoms with van der Waals surface area (Å²) in [6.07, 6.45) is 4.53. The molecule has 0 bridgehead atoms. The number of nitrogens with one attached hydrogen (secondary N) is 1. The average molecular weight is 322 g/mol. The van der Waals surface area contributed by atoms with Gasteiger partial charge in [-0.15, -0.1) is 0 Å². The molecular weight excluding hydrogens is 290 g/mol. The summed E-state index contributed by atoms with van der Waals surface area (Å²) < 4.78 is 0. The Morgan fingerprint density at radius 2 is 1.42 bits per heavy atom. The van der Waals surface area contributed by atoms with E-state index in [0.717, 1.165) is 12.1 Å². The lowest BCUT2D eigenvalue weighted by Crippen LogP contribution is -1.98. The highest BCUT2D eigenvalue weighted by Gasteiger charge is 2.03. The van der Waals surface area contributed by atoms with Crippen LogP contribution in [0.4, 0.5) is 5.69 Å². The van der Waals surface area contributed by atoms with Gasteiger partial charge < -0.3 is 5.32 Å². The van der Waals surface area contributed by atoms with Crippen LogP contribution in [0.2, 0.25) is 0 Å². The van der Waals surface area contributed by atoms with Crippen LogP contribution in [0.15, 0.2) is 60.3 Å². The van der Waals surface area contributed by atoms with Crippen molar-refractivity contribution in [3.05, 3.63) is 65.9 Å². The van der Waals surface area contributed by atoms with Gasteiger partial charge in [0.05, 0.1) is 0 Å². The molecule has 0 aliphatic heterocycles.